The number of hydrogen-bond acceptors (Lipinski definition) is 6. The van der Waals surface area contributed by atoms with E-state index < -0.39 is 29.6 Å². The number of aromatic nitrogens is 1. The Labute approximate surface area is 185 Å². The summed E-state index contributed by atoms with van der Waals surface area (Å²) in [5.74, 6) is -0.961. The smallest absolute Gasteiger partial charge is 0.405 e. The Morgan fingerprint density at radius 1 is 1.22 bits per heavy atom. The van der Waals surface area contributed by atoms with E-state index >= 15 is 0 Å². The molecule has 10 heteroatoms. The van der Waals surface area contributed by atoms with E-state index in [1.807, 2.05) is 0 Å². The number of hydrogen-bond donors (Lipinski definition) is 3. The van der Waals surface area contributed by atoms with Crippen molar-refractivity contribution in [1.29, 1.82) is 0 Å². The minimum absolute atomic E-state index is 0.127. The van der Waals surface area contributed by atoms with Crippen LogP contribution in [0.1, 0.15) is 57.4 Å². The number of nitrogens with one attached hydrogen (secondary N) is 2. The highest BCUT2D eigenvalue weighted by Crippen LogP contribution is 2.31. The number of nitrogens with two attached hydrogens (primary N) is 1. The molecule has 2 fully saturated rings. The second-order valence-corrected chi connectivity index (χ2v) is 8.52. The molecule has 1 saturated carbocycles. The van der Waals surface area contributed by atoms with Gasteiger partial charge in [0.15, 0.2) is 5.75 Å². The van der Waals surface area contributed by atoms with Crippen LogP contribution in [0.25, 0.3) is 0 Å². The SMILES string of the molecule is NC(=O)Oc1cccn([C@@H](CC2CCCCC2)C(=O)N[C@H](C=O)C[C@@H]2CCNC2=O)c1=O. The lowest BCUT2D eigenvalue weighted by molar-refractivity contribution is -0.128. The summed E-state index contributed by atoms with van der Waals surface area (Å²) >= 11 is 0. The van der Waals surface area contributed by atoms with Crippen molar-refractivity contribution in [3.05, 3.63) is 28.7 Å². The predicted octanol–water partition coefficient (Wildman–Crippen LogP) is 1.03. The largest absolute Gasteiger partial charge is 0.410 e. The molecule has 3 amide bonds. The molecule has 3 atom stereocenters. The zero-order valence-electron chi connectivity index (χ0n) is 18.0. The quantitative estimate of drug-likeness (QED) is 0.482. The van der Waals surface area contributed by atoms with Crippen LogP contribution in [0.4, 0.5) is 4.79 Å². The van der Waals surface area contributed by atoms with Gasteiger partial charge >= 0.3 is 6.09 Å². The predicted molar refractivity (Wildman–Crippen MR) is 115 cm³/mol. The van der Waals surface area contributed by atoms with Crippen molar-refractivity contribution in [2.45, 2.75) is 63.5 Å². The second kappa shape index (κ2) is 10.9. The average molecular weight is 447 g/mol. The highest BCUT2D eigenvalue weighted by molar-refractivity contribution is 5.84. The summed E-state index contributed by atoms with van der Waals surface area (Å²) in [6.45, 7) is 0.551. The Bertz CT molecular complexity index is 908. The first-order valence-corrected chi connectivity index (χ1v) is 11.1. The number of amides is 3. The normalized spacial score (nSPS) is 20.8. The molecule has 1 aromatic heterocycles. The van der Waals surface area contributed by atoms with Crippen molar-refractivity contribution in [1.82, 2.24) is 15.2 Å². The number of nitrogens with zero attached hydrogens (tertiary/aromatic N) is 1. The molecular formula is C22H30N4O6. The molecule has 4 N–H and O–H groups in total. The van der Waals surface area contributed by atoms with E-state index in [0.29, 0.717) is 25.7 Å². The third-order valence-electron chi connectivity index (χ3n) is 6.26. The Hall–Kier alpha value is -3.17. The van der Waals surface area contributed by atoms with E-state index in [0.717, 1.165) is 32.1 Å². The van der Waals surface area contributed by atoms with Gasteiger partial charge in [0.25, 0.3) is 5.56 Å². The first-order chi connectivity index (χ1) is 15.4. The van der Waals surface area contributed by atoms with Gasteiger partial charge in [0.1, 0.15) is 12.3 Å². The zero-order valence-corrected chi connectivity index (χ0v) is 18.0. The number of primary amides is 1. The maximum atomic E-state index is 13.3. The van der Waals surface area contributed by atoms with E-state index in [9.17, 15) is 24.0 Å². The Morgan fingerprint density at radius 3 is 2.59 bits per heavy atom. The number of rotatable bonds is 9. The molecular weight excluding hydrogens is 416 g/mol. The van der Waals surface area contributed by atoms with Crippen LogP contribution in [0.3, 0.4) is 0 Å². The van der Waals surface area contributed by atoms with Gasteiger partial charge in [0.05, 0.1) is 6.04 Å². The van der Waals surface area contributed by atoms with Crippen molar-refractivity contribution in [3.8, 4) is 5.75 Å². The molecule has 0 aromatic carbocycles. The van der Waals surface area contributed by atoms with Crippen LogP contribution in [0.5, 0.6) is 5.75 Å². The zero-order chi connectivity index (χ0) is 23.1. The topological polar surface area (TPSA) is 150 Å². The van der Waals surface area contributed by atoms with Crippen molar-refractivity contribution in [2.75, 3.05) is 6.54 Å². The molecule has 10 nitrogen and oxygen atoms in total. The third-order valence-corrected chi connectivity index (χ3v) is 6.26. The van der Waals surface area contributed by atoms with Gasteiger partial charge in [-0.3, -0.25) is 19.0 Å². The number of ether oxygens (including phenoxy) is 1. The maximum absolute atomic E-state index is 13.3. The van der Waals surface area contributed by atoms with Gasteiger partial charge in [0.2, 0.25) is 11.8 Å². The molecule has 1 saturated heterocycles. The van der Waals surface area contributed by atoms with Gasteiger partial charge in [-0.1, -0.05) is 32.1 Å². The van der Waals surface area contributed by atoms with E-state index in [1.165, 1.54) is 22.9 Å². The van der Waals surface area contributed by atoms with Crippen LogP contribution in [0.2, 0.25) is 0 Å². The number of carbonyl (C=O) groups excluding carboxylic acids is 4. The van der Waals surface area contributed by atoms with E-state index in [-0.39, 0.29) is 29.9 Å². The van der Waals surface area contributed by atoms with Gasteiger partial charge < -0.3 is 25.9 Å². The molecule has 2 heterocycles. The molecule has 0 spiro atoms. The first kappa shape index (κ1) is 23.5. The van der Waals surface area contributed by atoms with Gasteiger partial charge in [0, 0.05) is 18.7 Å². The minimum atomic E-state index is -1.12. The standard InChI is InChI=1S/C22H30N4O6/c23-22(31)32-18-7-4-10-26(21(18)30)17(11-14-5-2-1-3-6-14)20(29)25-16(13-27)12-15-8-9-24-19(15)28/h4,7,10,13-17H,1-3,5-6,8-9,11-12H2,(H2,23,31)(H,24,28)(H,25,29)/t15-,16-,17-/m0/s1. The molecule has 174 valence electrons. The minimum Gasteiger partial charge on any atom is -0.405 e. The first-order valence-electron chi connectivity index (χ1n) is 11.1. The van der Waals surface area contributed by atoms with Gasteiger partial charge in [-0.25, -0.2) is 4.79 Å². The molecule has 0 unspecified atom stereocenters. The molecule has 2 aliphatic rings. The van der Waals surface area contributed by atoms with E-state index in [1.54, 1.807) is 0 Å². The van der Waals surface area contributed by atoms with Crippen LogP contribution in [-0.2, 0) is 14.4 Å². The lowest BCUT2D eigenvalue weighted by atomic mass is 9.84. The summed E-state index contributed by atoms with van der Waals surface area (Å²) in [4.78, 5) is 60.8. The monoisotopic (exact) mass is 446 g/mol. The van der Waals surface area contributed by atoms with Crippen molar-refractivity contribution < 1.29 is 23.9 Å². The van der Waals surface area contributed by atoms with Crippen LogP contribution in [0, 0.1) is 11.8 Å². The van der Waals surface area contributed by atoms with Crippen LogP contribution in [-0.4, -0.2) is 41.3 Å². The molecule has 1 aromatic rings. The molecule has 1 aliphatic heterocycles. The van der Waals surface area contributed by atoms with E-state index in [2.05, 4.69) is 10.6 Å². The average Bonchev–Trinajstić information content (AvgIpc) is 3.18. The van der Waals surface area contributed by atoms with Gasteiger partial charge in [-0.05, 0) is 37.3 Å². The summed E-state index contributed by atoms with van der Waals surface area (Å²) in [6.07, 6.45) is 7.37. The Balaban J connectivity index is 1.82. The van der Waals surface area contributed by atoms with Crippen LogP contribution in [0.15, 0.2) is 23.1 Å². The molecule has 3 rings (SSSR count). The highest BCUT2D eigenvalue weighted by Gasteiger charge is 2.31. The van der Waals surface area contributed by atoms with Crippen molar-refractivity contribution >= 4 is 24.2 Å². The summed E-state index contributed by atoms with van der Waals surface area (Å²) in [6, 6.07) is 1.08. The number of pyridine rings is 1. The number of aldehydes is 1. The summed E-state index contributed by atoms with van der Waals surface area (Å²) in [5, 5.41) is 5.43. The summed E-state index contributed by atoms with van der Waals surface area (Å²) < 4.78 is 6.01. The molecule has 32 heavy (non-hydrogen) atoms. The van der Waals surface area contributed by atoms with Gasteiger partial charge in [-0.15, -0.1) is 0 Å². The lowest BCUT2D eigenvalue weighted by Crippen LogP contribution is -2.44. The maximum Gasteiger partial charge on any atom is 0.410 e. The van der Waals surface area contributed by atoms with Crippen LogP contribution >= 0.6 is 0 Å². The summed E-state index contributed by atoms with van der Waals surface area (Å²) in [7, 11) is 0. The second-order valence-electron chi connectivity index (χ2n) is 8.52. The van der Waals surface area contributed by atoms with Crippen LogP contribution < -0.4 is 26.7 Å². The summed E-state index contributed by atoms with van der Waals surface area (Å²) in [5.41, 5.74) is 4.39. The highest BCUT2D eigenvalue weighted by atomic mass is 16.5. The fraction of sp³-hybridized carbons (Fsp3) is 0.591. The number of carbonyl (C=O) groups is 4. The fourth-order valence-electron chi connectivity index (χ4n) is 4.61. The molecule has 0 radical (unpaired) electrons. The van der Waals surface area contributed by atoms with Crippen molar-refractivity contribution in [2.24, 2.45) is 17.6 Å². The Kier molecular flexibility index (Phi) is 8.02. The lowest BCUT2D eigenvalue weighted by Gasteiger charge is -2.28. The molecule has 1 aliphatic carbocycles. The van der Waals surface area contributed by atoms with Crippen molar-refractivity contribution in [3.63, 3.8) is 0 Å². The van der Waals surface area contributed by atoms with E-state index in [4.69, 9.17) is 10.5 Å². The third kappa shape index (κ3) is 5.95. The fourth-order valence-corrected chi connectivity index (χ4v) is 4.61. The Morgan fingerprint density at radius 2 is 1.97 bits per heavy atom. The molecule has 0 bridgehead atoms. The van der Waals surface area contributed by atoms with Gasteiger partial charge in [-0.2, -0.15) is 0 Å².